The van der Waals surface area contributed by atoms with Crippen LogP contribution in [0.25, 0.3) is 10.8 Å². The van der Waals surface area contributed by atoms with E-state index in [0.717, 1.165) is 25.0 Å². The van der Waals surface area contributed by atoms with Crippen LogP contribution < -0.4 is 0 Å². The van der Waals surface area contributed by atoms with Crippen molar-refractivity contribution >= 4 is 57.2 Å². The van der Waals surface area contributed by atoms with Gasteiger partial charge in [-0.15, -0.1) is 10.2 Å². The Morgan fingerprint density at radius 3 is 2.56 bits per heavy atom. The number of hydrogen-bond donors (Lipinski definition) is 0. The first kappa shape index (κ1) is 18.8. The monoisotopic (exact) mass is 428 g/mol. The predicted molar refractivity (Wildman–Crippen MR) is 119 cm³/mol. The third-order valence-electron chi connectivity index (χ3n) is 4.24. The first-order chi connectivity index (χ1) is 13.2. The van der Waals surface area contributed by atoms with Gasteiger partial charge in [-0.05, 0) is 34.9 Å². The van der Waals surface area contributed by atoms with Crippen molar-refractivity contribution in [2.75, 3.05) is 0 Å². The maximum absolute atomic E-state index is 6.31. The van der Waals surface area contributed by atoms with E-state index >= 15 is 0 Å². The lowest BCUT2D eigenvalue weighted by Gasteiger charge is -2.10. The van der Waals surface area contributed by atoms with E-state index in [1.807, 2.05) is 18.2 Å². The zero-order valence-corrected chi connectivity index (χ0v) is 17.8. The molecule has 4 aromatic rings. The third-order valence-corrected chi connectivity index (χ3v) is 7.91. The lowest BCUT2D eigenvalue weighted by Crippen LogP contribution is -1.89. The van der Waals surface area contributed by atoms with Crippen LogP contribution in [-0.2, 0) is 5.75 Å². The molecule has 6 heteroatoms. The van der Waals surface area contributed by atoms with Gasteiger partial charge >= 0.3 is 0 Å². The molecule has 3 aromatic carbocycles. The summed E-state index contributed by atoms with van der Waals surface area (Å²) in [6, 6.07) is 22.9. The minimum Gasteiger partial charge on any atom is -0.131 e. The molecule has 27 heavy (non-hydrogen) atoms. The van der Waals surface area contributed by atoms with Crippen LogP contribution in [0.1, 0.15) is 23.3 Å². The van der Waals surface area contributed by atoms with E-state index in [2.05, 4.69) is 65.7 Å². The van der Waals surface area contributed by atoms with Crippen molar-refractivity contribution in [2.24, 2.45) is 0 Å². The first-order valence-corrected chi connectivity index (χ1v) is 11.6. The predicted octanol–water partition coefficient (Wildman–Crippen LogP) is 7.49. The summed E-state index contributed by atoms with van der Waals surface area (Å²) in [4.78, 5) is 0. The van der Waals surface area contributed by atoms with Gasteiger partial charge in [0.1, 0.15) is 0 Å². The fraction of sp³-hybridized carbons (Fsp3) is 0.143. The van der Waals surface area contributed by atoms with Crippen LogP contribution in [0.5, 0.6) is 0 Å². The summed E-state index contributed by atoms with van der Waals surface area (Å²) in [6.45, 7) is 2.15. The summed E-state index contributed by atoms with van der Waals surface area (Å²) >= 11 is 11.4. The third kappa shape index (κ3) is 4.49. The highest BCUT2D eigenvalue weighted by molar-refractivity contribution is 8.03. The van der Waals surface area contributed by atoms with Gasteiger partial charge in [-0.25, -0.2) is 0 Å². The quantitative estimate of drug-likeness (QED) is 0.297. The van der Waals surface area contributed by atoms with E-state index in [1.54, 1.807) is 34.9 Å². The fourth-order valence-corrected chi connectivity index (χ4v) is 6.58. The highest BCUT2D eigenvalue weighted by Crippen LogP contribution is 2.40. The number of halogens is 1. The molecule has 0 radical (unpaired) electrons. The van der Waals surface area contributed by atoms with Gasteiger partial charge in [0.15, 0.2) is 8.68 Å². The van der Waals surface area contributed by atoms with Gasteiger partial charge < -0.3 is 0 Å². The van der Waals surface area contributed by atoms with Gasteiger partial charge in [0, 0.05) is 16.0 Å². The minimum absolute atomic E-state index is 0.238. The van der Waals surface area contributed by atoms with Crippen molar-refractivity contribution in [1.29, 1.82) is 0 Å². The second kappa shape index (κ2) is 8.65. The van der Waals surface area contributed by atoms with Gasteiger partial charge in [-0.2, -0.15) is 0 Å². The van der Waals surface area contributed by atoms with E-state index in [4.69, 9.17) is 11.6 Å². The summed E-state index contributed by atoms with van der Waals surface area (Å²) in [5.41, 5.74) is 2.45. The second-order valence-electron chi connectivity index (χ2n) is 6.04. The molecule has 0 amide bonds. The van der Waals surface area contributed by atoms with Crippen LogP contribution in [0.15, 0.2) is 75.4 Å². The summed E-state index contributed by atoms with van der Waals surface area (Å²) in [7, 11) is 0. The SMILES string of the molecule is C[C@@H](Sc1nnc(SCc2cccc3ccccc23)s1)c1ccccc1Cl. The number of thioether (sulfide) groups is 2. The molecule has 0 aliphatic rings. The van der Waals surface area contributed by atoms with E-state index in [9.17, 15) is 0 Å². The smallest absolute Gasteiger partial charge is 0.131 e. The van der Waals surface area contributed by atoms with Gasteiger partial charge in [0.25, 0.3) is 0 Å². The van der Waals surface area contributed by atoms with Crippen molar-refractivity contribution in [2.45, 2.75) is 26.6 Å². The maximum atomic E-state index is 6.31. The van der Waals surface area contributed by atoms with E-state index in [1.165, 1.54) is 16.3 Å². The Bertz CT molecular complexity index is 1060. The van der Waals surface area contributed by atoms with Crippen LogP contribution in [0.2, 0.25) is 5.02 Å². The van der Waals surface area contributed by atoms with Crippen LogP contribution in [0, 0.1) is 0 Å². The van der Waals surface area contributed by atoms with Crippen molar-refractivity contribution in [3.8, 4) is 0 Å². The summed E-state index contributed by atoms with van der Waals surface area (Å²) in [6.07, 6.45) is 0. The zero-order valence-electron chi connectivity index (χ0n) is 14.6. The van der Waals surface area contributed by atoms with Crippen LogP contribution >= 0.6 is 46.5 Å². The Hall–Kier alpha value is -1.53. The molecule has 0 N–H and O–H groups in total. The Morgan fingerprint density at radius 1 is 0.926 bits per heavy atom. The van der Waals surface area contributed by atoms with Crippen molar-refractivity contribution in [3.05, 3.63) is 82.9 Å². The molecule has 1 atom stereocenters. The molecule has 1 heterocycles. The number of nitrogens with zero attached hydrogens (tertiary/aromatic N) is 2. The number of benzene rings is 3. The molecule has 2 nitrogen and oxygen atoms in total. The standard InChI is InChI=1S/C21H17ClN2S3/c1-14(17-10-4-5-12-19(17)22)26-21-24-23-20(27-21)25-13-16-9-6-8-15-7-2-3-11-18(15)16/h2-12,14H,13H2,1H3/t14-/m1/s1. The van der Waals surface area contributed by atoms with Gasteiger partial charge in [-0.3, -0.25) is 0 Å². The normalized spacial score (nSPS) is 12.4. The Kier molecular flexibility index (Phi) is 6.03. The van der Waals surface area contributed by atoms with Gasteiger partial charge in [0.05, 0.1) is 0 Å². The molecular formula is C21H17ClN2S3. The molecule has 0 aliphatic carbocycles. The number of hydrogen-bond acceptors (Lipinski definition) is 5. The van der Waals surface area contributed by atoms with E-state index in [0.29, 0.717) is 0 Å². The molecule has 0 unspecified atom stereocenters. The summed E-state index contributed by atoms with van der Waals surface area (Å²) in [5, 5.41) is 12.3. The molecule has 1 aromatic heterocycles. The fourth-order valence-electron chi connectivity index (χ4n) is 2.88. The second-order valence-corrected chi connectivity index (χ2v) is 10.2. The number of fused-ring (bicyclic) bond motifs is 1. The topological polar surface area (TPSA) is 25.8 Å². The van der Waals surface area contributed by atoms with Crippen LogP contribution in [-0.4, -0.2) is 10.2 Å². The Labute approximate surface area is 176 Å². The molecule has 4 rings (SSSR count). The molecule has 0 bridgehead atoms. The van der Waals surface area contributed by atoms with E-state index in [-0.39, 0.29) is 5.25 Å². The lowest BCUT2D eigenvalue weighted by atomic mass is 10.1. The lowest BCUT2D eigenvalue weighted by molar-refractivity contribution is 0.949. The molecule has 0 aliphatic heterocycles. The average Bonchev–Trinajstić information content (AvgIpc) is 3.14. The minimum atomic E-state index is 0.238. The average molecular weight is 429 g/mol. The van der Waals surface area contributed by atoms with Crippen molar-refractivity contribution in [1.82, 2.24) is 10.2 Å². The zero-order chi connectivity index (χ0) is 18.6. The van der Waals surface area contributed by atoms with Crippen LogP contribution in [0.4, 0.5) is 0 Å². The van der Waals surface area contributed by atoms with Crippen LogP contribution in [0.3, 0.4) is 0 Å². The highest BCUT2D eigenvalue weighted by atomic mass is 35.5. The first-order valence-electron chi connectivity index (χ1n) is 8.55. The molecule has 0 spiro atoms. The van der Waals surface area contributed by atoms with Gasteiger partial charge in [-0.1, -0.05) is 107 Å². The van der Waals surface area contributed by atoms with Crippen molar-refractivity contribution < 1.29 is 0 Å². The maximum Gasteiger partial charge on any atom is 0.175 e. The largest absolute Gasteiger partial charge is 0.175 e. The van der Waals surface area contributed by atoms with E-state index < -0.39 is 0 Å². The molecular weight excluding hydrogens is 412 g/mol. The number of rotatable bonds is 6. The Balaban J connectivity index is 1.43. The van der Waals surface area contributed by atoms with Crippen molar-refractivity contribution in [3.63, 3.8) is 0 Å². The number of aromatic nitrogens is 2. The molecule has 136 valence electrons. The Morgan fingerprint density at radius 2 is 1.67 bits per heavy atom. The summed E-state index contributed by atoms with van der Waals surface area (Å²) < 4.78 is 1.97. The molecule has 0 saturated carbocycles. The van der Waals surface area contributed by atoms with Gasteiger partial charge in [0.2, 0.25) is 0 Å². The molecule has 0 fully saturated rings. The molecule has 0 saturated heterocycles. The highest BCUT2D eigenvalue weighted by Gasteiger charge is 2.14. The summed E-state index contributed by atoms with van der Waals surface area (Å²) in [5.74, 6) is 0.890.